The van der Waals surface area contributed by atoms with Crippen molar-refractivity contribution in [3.8, 4) is 6.07 Å². The highest BCUT2D eigenvalue weighted by molar-refractivity contribution is 9.10. The summed E-state index contributed by atoms with van der Waals surface area (Å²) in [4.78, 5) is 32.1. The number of carbonyl (C=O) groups is 1. The van der Waals surface area contributed by atoms with Crippen molar-refractivity contribution >= 4 is 41.3 Å². The standard InChI is InChI=1S/C16H12BrN2O3P/c17-13-5-6-15(12(9-13)10-18)19-16(20)14-4-2-1-3-11(14)7-8-23(21)22/h1-6,8-9H,7H2,(H,19,20)(H,21,22). The molecule has 0 aliphatic heterocycles. The predicted octanol–water partition coefficient (Wildman–Crippen LogP) is 2.58. The summed E-state index contributed by atoms with van der Waals surface area (Å²) in [5.41, 5.74) is 1.79. The average Bonchev–Trinajstić information content (AvgIpc) is 2.54. The molecule has 1 amide bonds. The van der Waals surface area contributed by atoms with E-state index in [1.807, 2.05) is 6.07 Å². The van der Waals surface area contributed by atoms with Crippen LogP contribution < -0.4 is 10.2 Å². The number of nitrogens with one attached hydrogen (secondary N) is 1. The maximum Gasteiger partial charge on any atom is 0.255 e. The minimum Gasteiger partial charge on any atom is -0.603 e. The van der Waals surface area contributed by atoms with Crippen LogP contribution in [0.15, 0.2) is 46.9 Å². The molecule has 0 aliphatic rings. The van der Waals surface area contributed by atoms with Gasteiger partial charge >= 0.3 is 0 Å². The zero-order chi connectivity index (χ0) is 16.8. The zero-order valence-corrected chi connectivity index (χ0v) is 14.3. The van der Waals surface area contributed by atoms with Crippen LogP contribution in [0.1, 0.15) is 21.5 Å². The van der Waals surface area contributed by atoms with Gasteiger partial charge in [-0.05, 0) is 29.8 Å². The number of anilines is 1. The first-order valence-corrected chi connectivity index (χ1v) is 8.66. The van der Waals surface area contributed by atoms with Crippen molar-refractivity contribution in [1.29, 1.82) is 5.26 Å². The van der Waals surface area contributed by atoms with Gasteiger partial charge in [-0.2, -0.15) is 10.2 Å². The minimum absolute atomic E-state index is 0.209. The van der Waals surface area contributed by atoms with Crippen LogP contribution >= 0.6 is 23.9 Å². The molecule has 0 spiro atoms. The Kier molecular flexibility index (Phi) is 6.03. The first kappa shape index (κ1) is 17.3. The maximum atomic E-state index is 12.5. The SMILES string of the molecule is N#Cc1cc(Br)ccc1NC(=O)c1ccccc1C/C=[P+](\[O-])O. The predicted molar refractivity (Wildman–Crippen MR) is 92.2 cm³/mol. The van der Waals surface area contributed by atoms with Gasteiger partial charge in [0.15, 0.2) is 0 Å². The van der Waals surface area contributed by atoms with Gasteiger partial charge in [-0.15, -0.1) is 0 Å². The van der Waals surface area contributed by atoms with Gasteiger partial charge in [-0.3, -0.25) is 4.79 Å². The number of rotatable bonds is 4. The smallest absolute Gasteiger partial charge is 0.255 e. The third kappa shape index (κ3) is 4.72. The zero-order valence-electron chi connectivity index (χ0n) is 11.9. The Balaban J connectivity index is 2.29. The number of hydrogen-bond acceptors (Lipinski definition) is 4. The van der Waals surface area contributed by atoms with Gasteiger partial charge in [-0.25, -0.2) is 0 Å². The van der Waals surface area contributed by atoms with E-state index >= 15 is 0 Å². The van der Waals surface area contributed by atoms with E-state index in [9.17, 15) is 9.69 Å². The third-order valence-corrected chi connectivity index (χ3v) is 4.07. The van der Waals surface area contributed by atoms with Gasteiger partial charge in [-0.1, -0.05) is 34.1 Å². The van der Waals surface area contributed by atoms with E-state index in [4.69, 9.17) is 10.2 Å². The molecule has 1 unspecified atom stereocenters. The van der Waals surface area contributed by atoms with Gasteiger partial charge < -0.3 is 10.2 Å². The second-order valence-electron chi connectivity index (χ2n) is 4.60. The van der Waals surface area contributed by atoms with Crippen molar-refractivity contribution in [3.05, 3.63) is 63.6 Å². The Morgan fingerprint density at radius 3 is 2.83 bits per heavy atom. The molecule has 7 heteroatoms. The monoisotopic (exact) mass is 390 g/mol. The van der Waals surface area contributed by atoms with Crippen molar-refractivity contribution in [3.63, 3.8) is 0 Å². The molecule has 2 N–H and O–H groups in total. The highest BCUT2D eigenvalue weighted by atomic mass is 79.9. The third-order valence-electron chi connectivity index (χ3n) is 3.08. The summed E-state index contributed by atoms with van der Waals surface area (Å²) < 4.78 is 0.744. The van der Waals surface area contributed by atoms with Crippen LogP contribution in [0.3, 0.4) is 0 Å². The summed E-state index contributed by atoms with van der Waals surface area (Å²) in [6, 6.07) is 13.8. The molecule has 0 aliphatic carbocycles. The van der Waals surface area contributed by atoms with Gasteiger partial charge in [0.1, 0.15) is 11.9 Å². The quantitative estimate of drug-likeness (QED) is 0.784. The molecule has 5 nitrogen and oxygen atoms in total. The van der Waals surface area contributed by atoms with E-state index in [0.717, 1.165) is 4.47 Å². The summed E-state index contributed by atoms with van der Waals surface area (Å²) >= 11 is 3.27. The highest BCUT2D eigenvalue weighted by Crippen LogP contribution is 2.21. The summed E-state index contributed by atoms with van der Waals surface area (Å²) in [6.07, 6.45) is 0.209. The molecule has 0 saturated carbocycles. The summed E-state index contributed by atoms with van der Waals surface area (Å²) in [7, 11) is -2.37. The van der Waals surface area contributed by atoms with Gasteiger partial charge in [0.05, 0.1) is 11.3 Å². The largest absolute Gasteiger partial charge is 0.603 e. The number of halogens is 1. The average molecular weight is 391 g/mol. The van der Waals surface area contributed by atoms with Crippen molar-refractivity contribution in [2.24, 2.45) is 0 Å². The molecule has 0 bridgehead atoms. The number of nitriles is 1. The molecule has 2 rings (SSSR count). The second-order valence-corrected chi connectivity index (χ2v) is 6.49. The number of benzene rings is 2. The van der Waals surface area contributed by atoms with E-state index in [1.54, 1.807) is 42.5 Å². The molecule has 2 aromatic rings. The molecule has 0 saturated heterocycles. The van der Waals surface area contributed by atoms with E-state index in [0.29, 0.717) is 22.4 Å². The Hall–Kier alpha value is -2.03. The van der Waals surface area contributed by atoms with Crippen LogP contribution in [0, 0.1) is 11.3 Å². The summed E-state index contributed by atoms with van der Waals surface area (Å²) in [6.45, 7) is 0. The fraction of sp³-hybridized carbons (Fsp3) is 0.0625. The van der Waals surface area contributed by atoms with Crippen LogP contribution in [-0.4, -0.2) is 16.6 Å². The second kappa shape index (κ2) is 8.00. The molecule has 116 valence electrons. The normalized spacial score (nSPS) is 11.0. The van der Waals surface area contributed by atoms with Crippen LogP contribution in [0.5, 0.6) is 0 Å². The number of hydrogen-bond donors (Lipinski definition) is 2. The van der Waals surface area contributed by atoms with Crippen LogP contribution in [-0.2, 0) is 6.42 Å². The molecule has 2 aromatic carbocycles. The highest BCUT2D eigenvalue weighted by Gasteiger charge is 2.13. The number of amides is 1. The number of carbonyl (C=O) groups excluding carboxylic acids is 1. The van der Waals surface area contributed by atoms with Gasteiger partial charge in [0, 0.05) is 16.5 Å². The summed E-state index contributed by atoms with van der Waals surface area (Å²) in [5.74, 6) is 0.864. The first-order valence-electron chi connectivity index (χ1n) is 6.58. The van der Waals surface area contributed by atoms with Crippen molar-refractivity contribution < 1.29 is 14.6 Å². The van der Waals surface area contributed by atoms with Crippen LogP contribution in [0.2, 0.25) is 0 Å². The van der Waals surface area contributed by atoms with E-state index < -0.39 is 8.00 Å². The minimum atomic E-state index is -2.37. The van der Waals surface area contributed by atoms with Crippen molar-refractivity contribution in [2.75, 3.05) is 5.32 Å². The summed E-state index contributed by atoms with van der Waals surface area (Å²) in [5, 5.41) is 11.8. The van der Waals surface area contributed by atoms with Gasteiger partial charge in [0.25, 0.3) is 5.91 Å². The maximum absolute atomic E-state index is 12.5. The van der Waals surface area contributed by atoms with Crippen molar-refractivity contribution in [1.82, 2.24) is 0 Å². The lowest BCUT2D eigenvalue weighted by atomic mass is 10.0. The van der Waals surface area contributed by atoms with Crippen molar-refractivity contribution in [2.45, 2.75) is 6.42 Å². The Morgan fingerprint density at radius 2 is 2.13 bits per heavy atom. The van der Waals surface area contributed by atoms with E-state index in [-0.39, 0.29) is 12.3 Å². The fourth-order valence-corrected chi connectivity index (χ4v) is 2.72. The molecule has 1 atom stereocenters. The van der Waals surface area contributed by atoms with Gasteiger partial charge in [0.2, 0.25) is 8.00 Å². The molecular weight excluding hydrogens is 379 g/mol. The molecular formula is C16H12BrN2O3P. The molecule has 0 aromatic heterocycles. The lowest BCUT2D eigenvalue weighted by Crippen LogP contribution is -2.15. The molecule has 0 heterocycles. The van der Waals surface area contributed by atoms with E-state index in [2.05, 4.69) is 21.2 Å². The molecule has 0 fully saturated rings. The topological polar surface area (TPSA) is 96.2 Å². The fourth-order valence-electron chi connectivity index (χ4n) is 2.00. The first-order chi connectivity index (χ1) is 11.0. The van der Waals surface area contributed by atoms with Crippen LogP contribution in [0.4, 0.5) is 5.69 Å². The van der Waals surface area contributed by atoms with Crippen LogP contribution in [0.25, 0.3) is 0 Å². The van der Waals surface area contributed by atoms with E-state index in [1.165, 1.54) is 5.80 Å². The lowest BCUT2D eigenvalue weighted by Gasteiger charge is -2.10. The Bertz CT molecular complexity index is 811. The molecule has 0 radical (unpaired) electrons. The Morgan fingerprint density at radius 1 is 1.39 bits per heavy atom. The number of nitrogens with zero attached hydrogens (tertiary/aromatic N) is 1. The lowest BCUT2D eigenvalue weighted by molar-refractivity contribution is -0.167. The molecule has 23 heavy (non-hydrogen) atoms. The Labute approximate surface area is 142 Å².